The molecule has 0 aromatic heterocycles. The molecule has 4 aromatic rings. The molecule has 42 heavy (non-hydrogen) atoms. The highest BCUT2D eigenvalue weighted by Crippen LogP contribution is 2.31. The summed E-state index contributed by atoms with van der Waals surface area (Å²) in [6, 6.07) is 39.0. The quantitative estimate of drug-likeness (QED) is 0.220. The van der Waals surface area contributed by atoms with Gasteiger partial charge in [0.2, 0.25) is 0 Å². The number of aliphatic hydroxyl groups is 2. The molecule has 0 amide bonds. The van der Waals surface area contributed by atoms with E-state index in [-0.39, 0.29) is 26.4 Å². The Bertz CT molecular complexity index is 1290. The van der Waals surface area contributed by atoms with Crippen molar-refractivity contribution >= 4 is 0 Å². The van der Waals surface area contributed by atoms with Crippen LogP contribution in [0.15, 0.2) is 121 Å². The number of rotatable bonds is 14. The molecule has 5 rings (SSSR count). The van der Waals surface area contributed by atoms with Crippen molar-refractivity contribution in [2.24, 2.45) is 0 Å². The third-order valence-corrected chi connectivity index (χ3v) is 7.18. The summed E-state index contributed by atoms with van der Waals surface area (Å²) in [7, 11) is 0. The van der Waals surface area contributed by atoms with E-state index < -0.39 is 36.8 Å². The third kappa shape index (κ3) is 8.56. The number of aliphatic hydroxyl groups excluding tert-OH is 2. The summed E-state index contributed by atoms with van der Waals surface area (Å²) in [6.45, 7) is 1.09. The van der Waals surface area contributed by atoms with Gasteiger partial charge in [0.05, 0.1) is 33.0 Å². The van der Waals surface area contributed by atoms with E-state index in [0.29, 0.717) is 6.61 Å². The van der Waals surface area contributed by atoms with Gasteiger partial charge >= 0.3 is 0 Å². The summed E-state index contributed by atoms with van der Waals surface area (Å²) in [5, 5.41) is 22.5. The average Bonchev–Trinajstić information content (AvgIpc) is 3.04. The molecule has 2 N–H and O–H groups in total. The van der Waals surface area contributed by atoms with E-state index in [1.165, 1.54) is 0 Å². The van der Waals surface area contributed by atoms with Gasteiger partial charge in [-0.25, -0.2) is 0 Å². The summed E-state index contributed by atoms with van der Waals surface area (Å²) in [5.41, 5.74) is 3.86. The number of benzene rings is 4. The monoisotopic (exact) mass is 570 g/mol. The van der Waals surface area contributed by atoms with E-state index in [2.05, 4.69) is 0 Å². The van der Waals surface area contributed by atoms with Gasteiger partial charge in [0.25, 0.3) is 0 Å². The molecule has 0 saturated carbocycles. The molecule has 7 nitrogen and oxygen atoms in total. The van der Waals surface area contributed by atoms with Crippen molar-refractivity contribution < 1.29 is 33.9 Å². The van der Waals surface area contributed by atoms with Crippen LogP contribution in [0.25, 0.3) is 0 Å². The highest BCUT2D eigenvalue weighted by atomic mass is 16.7. The topological polar surface area (TPSA) is 86.6 Å². The summed E-state index contributed by atoms with van der Waals surface area (Å²) in [4.78, 5) is 0. The van der Waals surface area contributed by atoms with Crippen LogP contribution in [0.2, 0.25) is 0 Å². The van der Waals surface area contributed by atoms with Crippen LogP contribution in [0.5, 0.6) is 0 Å². The molecule has 4 aromatic carbocycles. The van der Waals surface area contributed by atoms with Crippen molar-refractivity contribution in [3.63, 3.8) is 0 Å². The Balaban J connectivity index is 1.36. The lowest BCUT2D eigenvalue weighted by atomic mass is 9.94. The summed E-state index contributed by atoms with van der Waals surface area (Å²) < 4.78 is 31.0. The minimum absolute atomic E-state index is 0.0155. The van der Waals surface area contributed by atoms with Gasteiger partial charge in [0, 0.05) is 0 Å². The van der Waals surface area contributed by atoms with Crippen molar-refractivity contribution in [2.75, 3.05) is 6.61 Å². The maximum atomic E-state index is 11.3. The maximum absolute atomic E-state index is 11.3. The lowest BCUT2D eigenvalue weighted by Crippen LogP contribution is -2.63. The van der Waals surface area contributed by atoms with Crippen LogP contribution in [-0.4, -0.2) is 53.6 Å². The first kappa shape index (κ1) is 30.1. The van der Waals surface area contributed by atoms with Gasteiger partial charge in [-0.1, -0.05) is 121 Å². The Morgan fingerprint density at radius 1 is 0.524 bits per heavy atom. The molecular formula is C35H38O7. The molecule has 1 aliphatic heterocycles. The standard InChI is InChI=1S/C35H38O7/c36-30(25-38-21-26-13-5-1-6-14-26)31-32(39-22-27-15-7-2-8-16-27)33(40-23-28-17-9-3-10-18-28)34(35(37)42-31)41-24-29-19-11-4-12-20-29/h1-20,30-37H,21-25H2/t30-,31+,32+,33-,34-,35-/m0/s1. The van der Waals surface area contributed by atoms with Gasteiger partial charge < -0.3 is 33.9 Å². The molecule has 0 radical (unpaired) electrons. The van der Waals surface area contributed by atoms with Crippen LogP contribution in [0.3, 0.4) is 0 Å². The highest BCUT2D eigenvalue weighted by Gasteiger charge is 2.50. The molecule has 0 unspecified atom stereocenters. The minimum Gasteiger partial charge on any atom is -0.388 e. The normalized spacial score (nSPS) is 23.0. The minimum atomic E-state index is -1.36. The molecule has 1 saturated heterocycles. The first-order valence-electron chi connectivity index (χ1n) is 14.3. The molecule has 1 aliphatic rings. The molecule has 1 fully saturated rings. The summed E-state index contributed by atoms with van der Waals surface area (Å²) in [6.07, 6.45) is -5.79. The molecular weight excluding hydrogens is 532 g/mol. The van der Waals surface area contributed by atoms with Crippen LogP contribution in [-0.2, 0) is 50.1 Å². The van der Waals surface area contributed by atoms with E-state index in [4.69, 9.17) is 23.7 Å². The maximum Gasteiger partial charge on any atom is 0.184 e. The fourth-order valence-corrected chi connectivity index (χ4v) is 4.98. The number of hydrogen-bond acceptors (Lipinski definition) is 7. The molecule has 0 bridgehead atoms. The van der Waals surface area contributed by atoms with Crippen LogP contribution < -0.4 is 0 Å². The first-order chi connectivity index (χ1) is 20.7. The van der Waals surface area contributed by atoms with Crippen molar-refractivity contribution in [3.8, 4) is 0 Å². The number of ether oxygens (including phenoxy) is 5. The fourth-order valence-electron chi connectivity index (χ4n) is 4.98. The second-order valence-corrected chi connectivity index (χ2v) is 10.3. The first-order valence-corrected chi connectivity index (χ1v) is 14.3. The van der Waals surface area contributed by atoms with Gasteiger partial charge in [0.15, 0.2) is 6.29 Å². The van der Waals surface area contributed by atoms with E-state index >= 15 is 0 Å². The van der Waals surface area contributed by atoms with Crippen LogP contribution in [0, 0.1) is 0 Å². The SMILES string of the molecule is O[C@@H](COCc1ccccc1)[C@H]1O[C@H](O)[C@@H](OCc2ccccc2)[C@@H](OCc2ccccc2)[C@@H]1OCc1ccccc1. The van der Waals surface area contributed by atoms with Gasteiger partial charge in [0.1, 0.15) is 30.5 Å². The average molecular weight is 571 g/mol. The lowest BCUT2D eigenvalue weighted by Gasteiger charge is -2.45. The zero-order chi connectivity index (χ0) is 29.0. The van der Waals surface area contributed by atoms with Crippen LogP contribution in [0.1, 0.15) is 22.3 Å². The molecule has 220 valence electrons. The Morgan fingerprint density at radius 2 is 0.905 bits per heavy atom. The summed E-state index contributed by atoms with van der Waals surface area (Å²) in [5.74, 6) is 0. The van der Waals surface area contributed by atoms with Crippen LogP contribution in [0.4, 0.5) is 0 Å². The largest absolute Gasteiger partial charge is 0.388 e. The lowest BCUT2D eigenvalue weighted by molar-refractivity contribution is -0.325. The Morgan fingerprint density at radius 3 is 1.36 bits per heavy atom. The van der Waals surface area contributed by atoms with E-state index in [0.717, 1.165) is 22.3 Å². The van der Waals surface area contributed by atoms with Crippen molar-refractivity contribution in [1.29, 1.82) is 0 Å². The van der Waals surface area contributed by atoms with Crippen molar-refractivity contribution in [2.45, 2.75) is 63.2 Å². The number of hydrogen-bond donors (Lipinski definition) is 2. The predicted octanol–water partition coefficient (Wildman–Crippen LogP) is 5.04. The molecule has 0 aliphatic carbocycles. The molecule has 1 heterocycles. The Hall–Kier alpha value is -3.40. The van der Waals surface area contributed by atoms with Crippen LogP contribution >= 0.6 is 0 Å². The fraction of sp³-hybridized carbons (Fsp3) is 0.314. The van der Waals surface area contributed by atoms with Gasteiger partial charge in [-0.05, 0) is 22.3 Å². The van der Waals surface area contributed by atoms with Crippen molar-refractivity contribution in [1.82, 2.24) is 0 Å². The second kappa shape index (κ2) is 15.7. The summed E-state index contributed by atoms with van der Waals surface area (Å²) >= 11 is 0. The zero-order valence-corrected chi connectivity index (χ0v) is 23.5. The van der Waals surface area contributed by atoms with Gasteiger partial charge in [-0.15, -0.1) is 0 Å². The molecule has 7 heteroatoms. The zero-order valence-electron chi connectivity index (χ0n) is 23.5. The Labute approximate surface area is 247 Å². The Kier molecular flexibility index (Phi) is 11.3. The third-order valence-electron chi connectivity index (χ3n) is 7.18. The smallest absolute Gasteiger partial charge is 0.184 e. The second-order valence-electron chi connectivity index (χ2n) is 10.3. The predicted molar refractivity (Wildman–Crippen MR) is 158 cm³/mol. The molecule has 6 atom stereocenters. The molecule has 0 spiro atoms. The highest BCUT2D eigenvalue weighted by molar-refractivity contribution is 5.16. The van der Waals surface area contributed by atoms with E-state index in [1.54, 1.807) is 0 Å². The van der Waals surface area contributed by atoms with E-state index in [1.807, 2.05) is 121 Å². The van der Waals surface area contributed by atoms with Gasteiger partial charge in [-0.2, -0.15) is 0 Å². The van der Waals surface area contributed by atoms with Gasteiger partial charge in [-0.3, -0.25) is 0 Å². The van der Waals surface area contributed by atoms with E-state index in [9.17, 15) is 10.2 Å². The van der Waals surface area contributed by atoms with Crippen molar-refractivity contribution in [3.05, 3.63) is 144 Å².